The molecule has 4 aromatic rings. The minimum atomic E-state index is -0.696. The molecule has 3 N–H and O–H groups in total. The van der Waals surface area contributed by atoms with Crippen LogP contribution in [-0.4, -0.2) is 73.9 Å². The standard InChI is InChI=1S/C29H28FN7O2/c1-29(39)15-36(16-29)26-8-23-27(19(9-31)11-33-28(23)34-26)17-2-5-25(32-10-17)35-13-21-7-22(14-35)37(21)12-18-6-20(30)3-4-24(18)38/h2-6,8,10-11,21-22,38-39H,7,12-16H2,1H3,(H,33,34). The number of nitriles is 1. The first-order valence-electron chi connectivity index (χ1n) is 13.1. The van der Waals surface area contributed by atoms with Crippen LogP contribution >= 0.6 is 0 Å². The van der Waals surface area contributed by atoms with Gasteiger partial charge < -0.3 is 25.0 Å². The van der Waals surface area contributed by atoms with E-state index in [0.717, 1.165) is 47.7 Å². The summed E-state index contributed by atoms with van der Waals surface area (Å²) in [5, 5.41) is 30.9. The number of piperazine rings is 1. The van der Waals surface area contributed by atoms with Crippen LogP contribution < -0.4 is 9.80 Å². The molecule has 2 unspecified atom stereocenters. The molecule has 4 aliphatic heterocycles. The van der Waals surface area contributed by atoms with Crippen molar-refractivity contribution >= 4 is 22.7 Å². The molecule has 9 nitrogen and oxygen atoms in total. The van der Waals surface area contributed by atoms with Crippen molar-refractivity contribution in [3.8, 4) is 22.9 Å². The SMILES string of the molecule is CC1(O)CN(c2cc3c(-c4ccc(N5CC6CC(C5)N6Cc5cc(F)ccc5O)nc4)c(C#N)cnc3[nH]2)C1. The van der Waals surface area contributed by atoms with Crippen molar-refractivity contribution in [3.63, 3.8) is 0 Å². The number of halogens is 1. The summed E-state index contributed by atoms with van der Waals surface area (Å²) in [6.07, 6.45) is 4.48. The number of pyridine rings is 2. The van der Waals surface area contributed by atoms with E-state index in [0.29, 0.717) is 48.5 Å². The Labute approximate surface area is 224 Å². The molecule has 0 saturated carbocycles. The number of nitrogens with zero attached hydrogens (tertiary/aromatic N) is 6. The Bertz CT molecular complexity index is 1610. The summed E-state index contributed by atoms with van der Waals surface area (Å²) in [7, 11) is 0. The average Bonchev–Trinajstić information content (AvgIpc) is 3.35. The number of H-pyrrole nitrogens is 1. The number of hydrogen-bond donors (Lipinski definition) is 3. The molecule has 198 valence electrons. The summed E-state index contributed by atoms with van der Waals surface area (Å²) in [5.41, 5.74) is 2.72. The molecule has 10 heteroatoms. The Morgan fingerprint density at radius 2 is 1.90 bits per heavy atom. The summed E-state index contributed by atoms with van der Waals surface area (Å²) in [4.78, 5) is 19.2. The fourth-order valence-electron chi connectivity index (χ4n) is 6.30. The molecule has 0 aliphatic carbocycles. The third-order valence-electron chi connectivity index (χ3n) is 8.27. The number of aromatic amines is 1. The van der Waals surface area contributed by atoms with Gasteiger partial charge in [0.25, 0.3) is 0 Å². The zero-order chi connectivity index (χ0) is 26.9. The van der Waals surface area contributed by atoms with Crippen molar-refractivity contribution in [1.82, 2.24) is 19.9 Å². The molecule has 0 radical (unpaired) electrons. The first kappa shape index (κ1) is 23.9. The number of benzene rings is 1. The highest BCUT2D eigenvalue weighted by Crippen LogP contribution is 2.38. The molecule has 1 aromatic carbocycles. The number of anilines is 2. The lowest BCUT2D eigenvalue weighted by Crippen LogP contribution is -2.68. The fourth-order valence-corrected chi connectivity index (χ4v) is 6.30. The van der Waals surface area contributed by atoms with Crippen molar-refractivity contribution in [1.29, 1.82) is 5.26 Å². The fraction of sp³-hybridized carbons (Fsp3) is 0.345. The Kier molecular flexibility index (Phi) is 5.30. The van der Waals surface area contributed by atoms with Crippen LogP contribution in [0.5, 0.6) is 5.75 Å². The molecule has 0 amide bonds. The van der Waals surface area contributed by atoms with Gasteiger partial charge in [-0.1, -0.05) is 0 Å². The van der Waals surface area contributed by atoms with E-state index < -0.39 is 5.60 Å². The third kappa shape index (κ3) is 4.06. The van der Waals surface area contributed by atoms with E-state index in [9.17, 15) is 19.9 Å². The van der Waals surface area contributed by atoms with Crippen LogP contribution in [0.15, 0.2) is 48.8 Å². The first-order chi connectivity index (χ1) is 18.8. The molecule has 4 aliphatic rings. The summed E-state index contributed by atoms with van der Waals surface area (Å²) < 4.78 is 13.7. The molecule has 2 atom stereocenters. The molecule has 0 spiro atoms. The number of aromatic nitrogens is 3. The van der Waals surface area contributed by atoms with E-state index in [-0.39, 0.29) is 11.6 Å². The summed E-state index contributed by atoms with van der Waals surface area (Å²) in [6.45, 7) is 5.03. The Morgan fingerprint density at radius 1 is 1.10 bits per heavy atom. The maximum Gasteiger partial charge on any atom is 0.139 e. The number of aliphatic hydroxyl groups is 1. The molecule has 2 bridgehead atoms. The average molecular weight is 526 g/mol. The van der Waals surface area contributed by atoms with Crippen LogP contribution in [0.2, 0.25) is 0 Å². The quantitative estimate of drug-likeness (QED) is 0.363. The molecule has 8 rings (SSSR count). The largest absolute Gasteiger partial charge is 0.508 e. The maximum atomic E-state index is 13.7. The number of fused-ring (bicyclic) bond motifs is 3. The normalized spacial score (nSPS) is 21.9. The first-order valence-corrected chi connectivity index (χ1v) is 13.1. The zero-order valence-electron chi connectivity index (χ0n) is 21.5. The van der Waals surface area contributed by atoms with Gasteiger partial charge in [0.2, 0.25) is 0 Å². The van der Waals surface area contributed by atoms with Gasteiger partial charge in [-0.15, -0.1) is 0 Å². The number of piperidine rings is 1. The molecular formula is C29H28FN7O2. The monoisotopic (exact) mass is 525 g/mol. The van der Waals surface area contributed by atoms with Gasteiger partial charge in [0.1, 0.15) is 34.9 Å². The van der Waals surface area contributed by atoms with Crippen LogP contribution in [0.1, 0.15) is 24.5 Å². The van der Waals surface area contributed by atoms with Crippen molar-refractivity contribution in [2.24, 2.45) is 0 Å². The van der Waals surface area contributed by atoms with E-state index in [1.165, 1.54) is 18.2 Å². The zero-order valence-corrected chi connectivity index (χ0v) is 21.5. The molecule has 3 aromatic heterocycles. The highest BCUT2D eigenvalue weighted by molar-refractivity contribution is 5.98. The second-order valence-electron chi connectivity index (χ2n) is 11.2. The third-order valence-corrected chi connectivity index (χ3v) is 8.27. The number of β-amino-alcohol motifs (C(OH)–C–C–N with tert-alkyl or cyclic N) is 1. The number of phenols is 1. The Hall–Kier alpha value is -4.20. The number of nitrogens with one attached hydrogen (secondary N) is 1. The minimum absolute atomic E-state index is 0.128. The van der Waals surface area contributed by atoms with Crippen molar-refractivity contribution in [2.75, 3.05) is 36.0 Å². The lowest BCUT2D eigenvalue weighted by atomic mass is 9.86. The minimum Gasteiger partial charge on any atom is -0.508 e. The number of hydrogen-bond acceptors (Lipinski definition) is 8. The van der Waals surface area contributed by atoms with Crippen molar-refractivity contribution in [2.45, 2.75) is 37.6 Å². The second-order valence-corrected chi connectivity index (χ2v) is 11.2. The Balaban J connectivity index is 1.10. The van der Waals surface area contributed by atoms with Gasteiger partial charge in [-0.25, -0.2) is 14.4 Å². The molecule has 7 heterocycles. The predicted molar refractivity (Wildman–Crippen MR) is 145 cm³/mol. The molecule has 39 heavy (non-hydrogen) atoms. The van der Waals surface area contributed by atoms with E-state index in [1.54, 1.807) is 6.20 Å². The van der Waals surface area contributed by atoms with Gasteiger partial charge in [0.05, 0.1) is 11.2 Å². The van der Waals surface area contributed by atoms with Gasteiger partial charge in [0, 0.05) is 79.3 Å². The maximum absolute atomic E-state index is 13.7. The van der Waals surface area contributed by atoms with Crippen molar-refractivity contribution in [3.05, 3.63) is 65.7 Å². The number of rotatable bonds is 5. The summed E-state index contributed by atoms with van der Waals surface area (Å²) in [5.74, 6) is 1.54. The van der Waals surface area contributed by atoms with E-state index in [2.05, 4.69) is 30.7 Å². The summed E-state index contributed by atoms with van der Waals surface area (Å²) >= 11 is 0. The van der Waals surface area contributed by atoms with Crippen LogP contribution in [0.25, 0.3) is 22.2 Å². The number of aromatic hydroxyl groups is 1. The topological polar surface area (TPSA) is 116 Å². The van der Waals surface area contributed by atoms with Crippen molar-refractivity contribution < 1.29 is 14.6 Å². The van der Waals surface area contributed by atoms with Crippen LogP contribution in [0.3, 0.4) is 0 Å². The lowest BCUT2D eigenvalue weighted by molar-refractivity contribution is -0.00921. The highest BCUT2D eigenvalue weighted by atomic mass is 19.1. The van der Waals surface area contributed by atoms with Crippen LogP contribution in [-0.2, 0) is 6.54 Å². The second kappa shape index (κ2) is 8.66. The Morgan fingerprint density at radius 3 is 2.59 bits per heavy atom. The van der Waals surface area contributed by atoms with Gasteiger partial charge in [-0.3, -0.25) is 4.90 Å². The molecule has 4 saturated heterocycles. The summed E-state index contributed by atoms with van der Waals surface area (Å²) in [6, 6.07) is 13.0. The molecular weight excluding hydrogens is 497 g/mol. The van der Waals surface area contributed by atoms with E-state index in [4.69, 9.17) is 4.98 Å². The highest BCUT2D eigenvalue weighted by Gasteiger charge is 2.45. The van der Waals surface area contributed by atoms with Crippen LogP contribution in [0, 0.1) is 17.1 Å². The van der Waals surface area contributed by atoms with E-state index in [1.807, 2.05) is 31.3 Å². The smallest absolute Gasteiger partial charge is 0.139 e. The molecule has 4 fully saturated rings. The lowest BCUT2D eigenvalue weighted by Gasteiger charge is -2.56. The van der Waals surface area contributed by atoms with Gasteiger partial charge in [-0.05, 0) is 49.7 Å². The predicted octanol–water partition coefficient (Wildman–Crippen LogP) is 3.38. The van der Waals surface area contributed by atoms with Gasteiger partial charge in [0.15, 0.2) is 0 Å². The van der Waals surface area contributed by atoms with E-state index >= 15 is 0 Å². The van der Waals surface area contributed by atoms with Crippen LogP contribution in [0.4, 0.5) is 16.0 Å². The number of phenolic OH excluding ortho intramolecular Hbond substituents is 1. The van der Waals surface area contributed by atoms with Gasteiger partial charge in [-0.2, -0.15) is 5.26 Å². The van der Waals surface area contributed by atoms with Gasteiger partial charge >= 0.3 is 0 Å².